The Labute approximate surface area is 184 Å². The number of thioether (sulfide) groups is 1. The number of anilines is 2. The van der Waals surface area contributed by atoms with Gasteiger partial charge in [-0.15, -0.1) is 10.2 Å². The van der Waals surface area contributed by atoms with Crippen molar-refractivity contribution in [3.63, 3.8) is 0 Å². The van der Waals surface area contributed by atoms with E-state index in [2.05, 4.69) is 20.4 Å². The molecule has 1 aliphatic heterocycles. The molecule has 2 aromatic carbocycles. The van der Waals surface area contributed by atoms with Crippen molar-refractivity contribution in [3.8, 4) is 0 Å². The Morgan fingerprint density at radius 1 is 1.13 bits per heavy atom. The molecule has 1 aliphatic rings. The topological polar surface area (TPSA) is 67.4 Å². The molecule has 1 atom stereocenters. The third-order valence-electron chi connectivity index (χ3n) is 4.89. The van der Waals surface area contributed by atoms with Gasteiger partial charge >= 0.3 is 0 Å². The van der Waals surface area contributed by atoms with Gasteiger partial charge in [-0.2, -0.15) is 0 Å². The lowest BCUT2D eigenvalue weighted by atomic mass is 10.1. The minimum absolute atomic E-state index is 0.0666. The number of ether oxygens (including phenoxy) is 1. The minimum atomic E-state index is -0.420. The SMILES string of the molecule is Cc1ccc(C)c(NC(=O)C(Sc2nnc(N3CCOCC3)s2)c2ccccc2)c1. The molecule has 8 heteroatoms. The van der Waals surface area contributed by atoms with E-state index in [9.17, 15) is 4.79 Å². The third kappa shape index (κ3) is 5.00. The van der Waals surface area contributed by atoms with E-state index in [0.717, 1.165) is 44.9 Å². The average Bonchev–Trinajstić information content (AvgIpc) is 3.24. The van der Waals surface area contributed by atoms with Gasteiger partial charge in [0.2, 0.25) is 11.0 Å². The third-order valence-corrected chi connectivity index (χ3v) is 7.21. The number of aromatic nitrogens is 2. The summed E-state index contributed by atoms with van der Waals surface area (Å²) >= 11 is 2.96. The second kappa shape index (κ2) is 9.59. The minimum Gasteiger partial charge on any atom is -0.378 e. The van der Waals surface area contributed by atoms with E-state index in [1.807, 2.05) is 62.4 Å². The van der Waals surface area contributed by atoms with Gasteiger partial charge in [-0.25, -0.2) is 0 Å². The fourth-order valence-corrected chi connectivity index (χ4v) is 5.29. The molecule has 0 radical (unpaired) electrons. The second-order valence-corrected chi connectivity index (χ2v) is 9.47. The van der Waals surface area contributed by atoms with Crippen LogP contribution in [0.5, 0.6) is 0 Å². The number of hydrogen-bond acceptors (Lipinski definition) is 7. The lowest BCUT2D eigenvalue weighted by Crippen LogP contribution is -2.36. The number of aryl methyl sites for hydroxylation is 2. The summed E-state index contributed by atoms with van der Waals surface area (Å²) < 4.78 is 6.19. The smallest absolute Gasteiger partial charge is 0.242 e. The Balaban J connectivity index is 1.55. The first-order chi connectivity index (χ1) is 14.6. The molecule has 2 heterocycles. The summed E-state index contributed by atoms with van der Waals surface area (Å²) in [6.45, 7) is 7.05. The van der Waals surface area contributed by atoms with E-state index >= 15 is 0 Å². The van der Waals surface area contributed by atoms with Crippen LogP contribution in [0.15, 0.2) is 52.9 Å². The molecule has 1 unspecified atom stereocenters. The van der Waals surface area contributed by atoms with E-state index in [1.165, 1.54) is 23.1 Å². The number of nitrogens with zero attached hydrogens (tertiary/aromatic N) is 3. The predicted octanol–water partition coefficient (Wildman–Crippen LogP) is 4.46. The fourth-order valence-electron chi connectivity index (χ4n) is 3.20. The number of hydrogen-bond donors (Lipinski definition) is 1. The summed E-state index contributed by atoms with van der Waals surface area (Å²) in [5.74, 6) is -0.0666. The Hall–Kier alpha value is -2.42. The fraction of sp³-hybridized carbons (Fsp3) is 0.318. The molecule has 1 saturated heterocycles. The number of rotatable bonds is 6. The van der Waals surface area contributed by atoms with Crippen LogP contribution >= 0.6 is 23.1 Å². The van der Waals surface area contributed by atoms with E-state index in [0.29, 0.717) is 13.2 Å². The summed E-state index contributed by atoms with van der Waals surface area (Å²) in [7, 11) is 0. The molecule has 1 amide bonds. The van der Waals surface area contributed by atoms with Crippen LogP contribution < -0.4 is 10.2 Å². The predicted molar refractivity (Wildman–Crippen MR) is 123 cm³/mol. The molecule has 3 aromatic rings. The van der Waals surface area contributed by atoms with Gasteiger partial charge < -0.3 is 15.0 Å². The monoisotopic (exact) mass is 440 g/mol. The zero-order chi connectivity index (χ0) is 20.9. The Morgan fingerprint density at radius 2 is 1.90 bits per heavy atom. The maximum absolute atomic E-state index is 13.3. The Kier molecular flexibility index (Phi) is 6.66. The highest BCUT2D eigenvalue weighted by Gasteiger charge is 2.25. The first-order valence-corrected chi connectivity index (χ1v) is 11.6. The Morgan fingerprint density at radius 3 is 2.67 bits per heavy atom. The van der Waals surface area contributed by atoms with Crippen LogP contribution in [0.3, 0.4) is 0 Å². The van der Waals surface area contributed by atoms with E-state index < -0.39 is 5.25 Å². The van der Waals surface area contributed by atoms with Crippen molar-refractivity contribution in [2.45, 2.75) is 23.4 Å². The van der Waals surface area contributed by atoms with Crippen LogP contribution in [-0.2, 0) is 9.53 Å². The van der Waals surface area contributed by atoms with Crippen LogP contribution in [0.25, 0.3) is 0 Å². The molecule has 156 valence electrons. The van der Waals surface area contributed by atoms with Crippen molar-refractivity contribution >= 4 is 39.8 Å². The Bertz CT molecular complexity index is 1000. The maximum Gasteiger partial charge on any atom is 0.242 e. The zero-order valence-electron chi connectivity index (χ0n) is 17.0. The molecule has 0 saturated carbocycles. The molecule has 6 nitrogen and oxygen atoms in total. The number of carbonyl (C=O) groups excluding carboxylic acids is 1. The van der Waals surface area contributed by atoms with E-state index in [4.69, 9.17) is 4.74 Å². The van der Waals surface area contributed by atoms with E-state index in [1.54, 1.807) is 0 Å². The van der Waals surface area contributed by atoms with Gasteiger partial charge in [-0.1, -0.05) is 65.6 Å². The van der Waals surface area contributed by atoms with Gasteiger partial charge in [0, 0.05) is 18.8 Å². The summed E-state index contributed by atoms with van der Waals surface area (Å²) in [4.78, 5) is 15.5. The molecule has 1 aromatic heterocycles. The number of nitrogens with one attached hydrogen (secondary N) is 1. The molecule has 1 N–H and O–H groups in total. The van der Waals surface area contributed by atoms with Crippen molar-refractivity contribution in [1.29, 1.82) is 0 Å². The van der Waals surface area contributed by atoms with Crippen molar-refractivity contribution < 1.29 is 9.53 Å². The van der Waals surface area contributed by atoms with Gasteiger partial charge in [-0.05, 0) is 36.6 Å². The molecule has 0 aliphatic carbocycles. The van der Waals surface area contributed by atoms with E-state index in [-0.39, 0.29) is 5.91 Å². The van der Waals surface area contributed by atoms with Crippen LogP contribution in [0.2, 0.25) is 0 Å². The van der Waals surface area contributed by atoms with Crippen LogP contribution in [0.4, 0.5) is 10.8 Å². The quantitative estimate of drug-likeness (QED) is 0.571. The van der Waals surface area contributed by atoms with Crippen LogP contribution in [0.1, 0.15) is 21.9 Å². The number of carbonyl (C=O) groups is 1. The van der Waals surface area contributed by atoms with Gasteiger partial charge in [0.1, 0.15) is 5.25 Å². The zero-order valence-corrected chi connectivity index (χ0v) is 18.6. The molecule has 30 heavy (non-hydrogen) atoms. The molecule has 4 rings (SSSR count). The highest BCUT2D eigenvalue weighted by atomic mass is 32.2. The molecular weight excluding hydrogens is 416 g/mol. The highest BCUT2D eigenvalue weighted by Crippen LogP contribution is 2.39. The van der Waals surface area contributed by atoms with Gasteiger partial charge in [0.15, 0.2) is 4.34 Å². The number of benzene rings is 2. The standard InChI is InChI=1S/C22H24N4O2S2/c1-15-8-9-16(2)18(14-15)23-20(27)19(17-6-4-3-5-7-17)29-22-25-24-21(30-22)26-10-12-28-13-11-26/h3-9,14,19H,10-13H2,1-2H3,(H,23,27). The largest absolute Gasteiger partial charge is 0.378 e. The molecule has 0 bridgehead atoms. The van der Waals surface area contributed by atoms with Crippen LogP contribution in [-0.4, -0.2) is 42.4 Å². The lowest BCUT2D eigenvalue weighted by Gasteiger charge is -2.25. The molecule has 1 fully saturated rings. The molecular formula is C22H24N4O2S2. The number of morpholine rings is 1. The summed E-state index contributed by atoms with van der Waals surface area (Å²) in [6, 6.07) is 15.9. The lowest BCUT2D eigenvalue weighted by molar-refractivity contribution is -0.115. The second-order valence-electron chi connectivity index (χ2n) is 7.17. The average molecular weight is 441 g/mol. The van der Waals surface area contributed by atoms with Crippen molar-refractivity contribution in [3.05, 3.63) is 65.2 Å². The summed E-state index contributed by atoms with van der Waals surface area (Å²) in [5, 5.41) is 12.3. The van der Waals surface area contributed by atoms with Crippen LogP contribution in [0, 0.1) is 13.8 Å². The first-order valence-electron chi connectivity index (χ1n) is 9.86. The van der Waals surface area contributed by atoms with Crippen molar-refractivity contribution in [1.82, 2.24) is 10.2 Å². The summed E-state index contributed by atoms with van der Waals surface area (Å²) in [5.41, 5.74) is 3.93. The summed E-state index contributed by atoms with van der Waals surface area (Å²) in [6.07, 6.45) is 0. The van der Waals surface area contributed by atoms with Crippen molar-refractivity contribution in [2.75, 3.05) is 36.5 Å². The van der Waals surface area contributed by atoms with Gasteiger partial charge in [-0.3, -0.25) is 4.79 Å². The van der Waals surface area contributed by atoms with Gasteiger partial charge in [0.05, 0.1) is 13.2 Å². The number of amides is 1. The normalized spacial score (nSPS) is 15.1. The van der Waals surface area contributed by atoms with Crippen molar-refractivity contribution in [2.24, 2.45) is 0 Å². The van der Waals surface area contributed by atoms with Gasteiger partial charge in [0.25, 0.3) is 0 Å². The first kappa shape index (κ1) is 20.8. The highest BCUT2D eigenvalue weighted by molar-refractivity contribution is 8.02. The molecule has 0 spiro atoms. The maximum atomic E-state index is 13.3.